The summed E-state index contributed by atoms with van der Waals surface area (Å²) in [5.74, 6) is -1.12. The number of ether oxygens (including phenoxy) is 2. The lowest BCUT2D eigenvalue weighted by Crippen LogP contribution is -2.36. The predicted molar refractivity (Wildman–Crippen MR) is 106 cm³/mol. The minimum absolute atomic E-state index is 0.118. The van der Waals surface area contributed by atoms with Crippen LogP contribution in [0.2, 0.25) is 0 Å². The lowest BCUT2D eigenvalue weighted by molar-refractivity contribution is -0.384. The van der Waals surface area contributed by atoms with Gasteiger partial charge < -0.3 is 19.7 Å². The highest BCUT2D eigenvalue weighted by molar-refractivity contribution is 6.08. The zero-order chi connectivity index (χ0) is 20.8. The van der Waals surface area contributed by atoms with Gasteiger partial charge in [-0.15, -0.1) is 0 Å². The van der Waals surface area contributed by atoms with E-state index in [2.05, 4.69) is 5.32 Å². The largest absolute Gasteiger partial charge is 0.462 e. The van der Waals surface area contributed by atoms with Gasteiger partial charge in [-0.3, -0.25) is 14.9 Å². The third-order valence-electron chi connectivity index (χ3n) is 4.46. The molecule has 2 aromatic carbocycles. The van der Waals surface area contributed by atoms with Crippen LogP contribution in [-0.2, 0) is 9.47 Å². The lowest BCUT2D eigenvalue weighted by atomic mass is 10.1. The number of nitrogens with zero attached hydrogens (tertiary/aromatic N) is 2. The van der Waals surface area contributed by atoms with Crippen LogP contribution < -0.4 is 10.2 Å². The molecular weight excluding hydrogens is 378 g/mol. The van der Waals surface area contributed by atoms with E-state index < -0.39 is 16.8 Å². The van der Waals surface area contributed by atoms with Gasteiger partial charge in [-0.2, -0.15) is 0 Å². The molecule has 1 amide bonds. The highest BCUT2D eigenvalue weighted by Gasteiger charge is 2.24. The average Bonchev–Trinajstić information content (AvgIpc) is 2.74. The molecule has 1 fully saturated rings. The van der Waals surface area contributed by atoms with E-state index in [9.17, 15) is 19.7 Å². The molecule has 0 aliphatic carbocycles. The maximum atomic E-state index is 12.7. The van der Waals surface area contributed by atoms with Crippen LogP contribution in [0.15, 0.2) is 42.5 Å². The number of para-hydroxylation sites is 1. The number of nitro groups is 1. The van der Waals surface area contributed by atoms with E-state index >= 15 is 0 Å². The monoisotopic (exact) mass is 399 g/mol. The summed E-state index contributed by atoms with van der Waals surface area (Å²) in [6, 6.07) is 10.8. The van der Waals surface area contributed by atoms with E-state index in [1.165, 1.54) is 18.2 Å². The normalized spacial score (nSPS) is 13.6. The fourth-order valence-corrected chi connectivity index (χ4v) is 3.06. The van der Waals surface area contributed by atoms with Gasteiger partial charge in [0, 0.05) is 24.7 Å². The maximum absolute atomic E-state index is 12.7. The van der Waals surface area contributed by atoms with Crippen LogP contribution in [0.5, 0.6) is 0 Å². The average molecular weight is 399 g/mol. The van der Waals surface area contributed by atoms with Crippen molar-refractivity contribution in [1.82, 2.24) is 0 Å². The van der Waals surface area contributed by atoms with Gasteiger partial charge in [0.25, 0.3) is 11.6 Å². The van der Waals surface area contributed by atoms with Crippen LogP contribution >= 0.6 is 0 Å². The Morgan fingerprint density at radius 3 is 2.62 bits per heavy atom. The first-order chi connectivity index (χ1) is 14.0. The number of hydrogen-bond acceptors (Lipinski definition) is 7. The SMILES string of the molecule is CCOC(=O)c1ccccc1NC(=O)c1ccc(N2CCOCC2)c([N+](=O)[O-])c1. The molecule has 3 rings (SSSR count). The molecule has 1 heterocycles. The van der Waals surface area contributed by atoms with Crippen molar-refractivity contribution >= 4 is 28.9 Å². The van der Waals surface area contributed by atoms with Crippen molar-refractivity contribution in [3.63, 3.8) is 0 Å². The number of carbonyl (C=O) groups excluding carboxylic acids is 2. The molecule has 152 valence electrons. The summed E-state index contributed by atoms with van der Waals surface area (Å²) in [5, 5.41) is 14.2. The van der Waals surface area contributed by atoms with Crippen molar-refractivity contribution < 1.29 is 24.0 Å². The Kier molecular flexibility index (Phi) is 6.40. The molecule has 1 N–H and O–H groups in total. The zero-order valence-electron chi connectivity index (χ0n) is 15.9. The third-order valence-corrected chi connectivity index (χ3v) is 4.46. The predicted octanol–water partition coefficient (Wildman–Crippen LogP) is 2.86. The van der Waals surface area contributed by atoms with E-state index in [4.69, 9.17) is 9.47 Å². The van der Waals surface area contributed by atoms with Crippen molar-refractivity contribution in [2.45, 2.75) is 6.92 Å². The smallest absolute Gasteiger partial charge is 0.340 e. The summed E-state index contributed by atoms with van der Waals surface area (Å²) < 4.78 is 10.3. The molecule has 1 aliphatic heterocycles. The molecule has 1 aliphatic rings. The summed E-state index contributed by atoms with van der Waals surface area (Å²) >= 11 is 0. The van der Waals surface area contributed by atoms with E-state index in [0.717, 1.165) is 0 Å². The highest BCUT2D eigenvalue weighted by Crippen LogP contribution is 2.30. The Labute approximate surface area is 167 Å². The standard InChI is InChI=1S/C20H21N3O6/c1-2-29-20(25)15-5-3-4-6-16(15)21-19(24)14-7-8-17(18(13-14)23(26)27)22-9-11-28-12-10-22/h3-8,13H,2,9-12H2,1H3,(H,21,24). The lowest BCUT2D eigenvalue weighted by Gasteiger charge is -2.28. The van der Waals surface area contributed by atoms with Crippen molar-refractivity contribution in [3.8, 4) is 0 Å². The van der Waals surface area contributed by atoms with Crippen LogP contribution in [0.4, 0.5) is 17.1 Å². The van der Waals surface area contributed by atoms with Gasteiger partial charge >= 0.3 is 5.97 Å². The van der Waals surface area contributed by atoms with Crippen LogP contribution in [0, 0.1) is 10.1 Å². The first kappa shape index (κ1) is 20.3. The van der Waals surface area contributed by atoms with E-state index in [1.54, 1.807) is 31.2 Å². The summed E-state index contributed by atoms with van der Waals surface area (Å²) in [4.78, 5) is 37.7. The second kappa shape index (κ2) is 9.16. The number of esters is 1. The number of anilines is 2. The van der Waals surface area contributed by atoms with E-state index in [-0.39, 0.29) is 29.1 Å². The molecule has 0 bridgehead atoms. The van der Waals surface area contributed by atoms with Gasteiger partial charge in [0.1, 0.15) is 5.69 Å². The van der Waals surface area contributed by atoms with Crippen molar-refractivity contribution in [2.24, 2.45) is 0 Å². The topological polar surface area (TPSA) is 111 Å². The molecule has 29 heavy (non-hydrogen) atoms. The van der Waals surface area contributed by atoms with Gasteiger partial charge in [-0.25, -0.2) is 4.79 Å². The van der Waals surface area contributed by atoms with Crippen LogP contribution in [0.1, 0.15) is 27.6 Å². The second-order valence-corrected chi connectivity index (χ2v) is 6.28. The molecule has 1 saturated heterocycles. The minimum atomic E-state index is -0.558. The highest BCUT2D eigenvalue weighted by atomic mass is 16.6. The van der Waals surface area contributed by atoms with Gasteiger partial charge in [0.2, 0.25) is 0 Å². The molecule has 0 saturated carbocycles. The molecule has 0 atom stereocenters. The van der Waals surface area contributed by atoms with Crippen LogP contribution in [-0.4, -0.2) is 49.7 Å². The van der Waals surface area contributed by atoms with Gasteiger partial charge in [0.15, 0.2) is 0 Å². The maximum Gasteiger partial charge on any atom is 0.340 e. The Hall–Kier alpha value is -3.46. The molecule has 9 nitrogen and oxygen atoms in total. The number of carbonyl (C=O) groups is 2. The zero-order valence-corrected chi connectivity index (χ0v) is 15.9. The fraction of sp³-hybridized carbons (Fsp3) is 0.300. The van der Waals surface area contributed by atoms with Gasteiger partial charge in [-0.1, -0.05) is 12.1 Å². The number of rotatable bonds is 6. The number of nitro benzene ring substituents is 1. The second-order valence-electron chi connectivity index (χ2n) is 6.28. The molecule has 0 aromatic heterocycles. The number of nitrogens with one attached hydrogen (secondary N) is 1. The minimum Gasteiger partial charge on any atom is -0.462 e. The molecule has 0 unspecified atom stereocenters. The molecule has 9 heteroatoms. The summed E-state index contributed by atoms with van der Waals surface area (Å²) in [7, 11) is 0. The summed E-state index contributed by atoms with van der Waals surface area (Å²) in [6.07, 6.45) is 0. The van der Waals surface area contributed by atoms with Crippen LogP contribution in [0.3, 0.4) is 0 Å². The van der Waals surface area contributed by atoms with Crippen LogP contribution in [0.25, 0.3) is 0 Å². The van der Waals surface area contributed by atoms with E-state index in [1.807, 2.05) is 4.90 Å². The molecule has 0 radical (unpaired) electrons. The Bertz CT molecular complexity index is 924. The Balaban J connectivity index is 1.86. The van der Waals surface area contributed by atoms with E-state index in [0.29, 0.717) is 32.0 Å². The quantitative estimate of drug-likeness (QED) is 0.452. The summed E-state index contributed by atoms with van der Waals surface area (Å²) in [5.41, 5.74) is 0.894. The number of hydrogen-bond donors (Lipinski definition) is 1. The molecule has 0 spiro atoms. The Morgan fingerprint density at radius 2 is 1.93 bits per heavy atom. The number of amides is 1. The number of morpholine rings is 1. The van der Waals surface area contributed by atoms with Crippen molar-refractivity contribution in [1.29, 1.82) is 0 Å². The Morgan fingerprint density at radius 1 is 1.21 bits per heavy atom. The van der Waals surface area contributed by atoms with Crippen molar-refractivity contribution in [2.75, 3.05) is 43.1 Å². The number of benzene rings is 2. The molecular formula is C20H21N3O6. The first-order valence-electron chi connectivity index (χ1n) is 9.20. The first-order valence-corrected chi connectivity index (χ1v) is 9.20. The van der Waals surface area contributed by atoms with Crippen molar-refractivity contribution in [3.05, 3.63) is 63.7 Å². The fourth-order valence-electron chi connectivity index (χ4n) is 3.06. The summed E-state index contributed by atoms with van der Waals surface area (Å²) in [6.45, 7) is 3.96. The van der Waals surface area contributed by atoms with Gasteiger partial charge in [0.05, 0.1) is 36.0 Å². The molecule has 2 aromatic rings. The van der Waals surface area contributed by atoms with Gasteiger partial charge in [-0.05, 0) is 31.2 Å². The third kappa shape index (κ3) is 4.69.